The average Bonchev–Trinajstić information content (AvgIpc) is 2.79. The molecule has 1 atom stereocenters. The summed E-state index contributed by atoms with van der Waals surface area (Å²) in [5.41, 5.74) is 1.95. The smallest absolute Gasteiger partial charge is 0.271 e. The van der Waals surface area contributed by atoms with Gasteiger partial charge in [-0.1, -0.05) is 30.3 Å². The highest BCUT2D eigenvalue weighted by Gasteiger charge is 2.20. The Morgan fingerprint density at radius 3 is 2.40 bits per heavy atom. The molecule has 1 heterocycles. The molecule has 0 radical (unpaired) electrons. The van der Waals surface area contributed by atoms with Crippen LogP contribution in [0.5, 0.6) is 11.5 Å². The Kier molecular flexibility index (Phi) is 6.85. The molecule has 0 aliphatic heterocycles. The molecule has 0 saturated carbocycles. The van der Waals surface area contributed by atoms with Gasteiger partial charge in [0.25, 0.3) is 5.56 Å². The number of nitrogens with one attached hydrogen (secondary N) is 1. The van der Waals surface area contributed by atoms with E-state index in [2.05, 4.69) is 10.4 Å². The fourth-order valence-corrected chi connectivity index (χ4v) is 3.07. The van der Waals surface area contributed by atoms with Crippen molar-refractivity contribution >= 4 is 5.91 Å². The molecule has 30 heavy (non-hydrogen) atoms. The molecular weight excluding hydrogens is 382 g/mol. The van der Waals surface area contributed by atoms with Crippen LogP contribution in [-0.2, 0) is 11.2 Å². The van der Waals surface area contributed by atoms with Gasteiger partial charge in [0.15, 0.2) is 5.75 Å². The van der Waals surface area contributed by atoms with Crippen molar-refractivity contribution in [3.05, 3.63) is 76.6 Å². The summed E-state index contributed by atoms with van der Waals surface area (Å²) in [7, 11) is 3.07. The normalized spacial score (nSPS) is 11.6. The lowest BCUT2D eigenvalue weighted by atomic mass is 10.1. The highest BCUT2D eigenvalue weighted by atomic mass is 16.5. The van der Waals surface area contributed by atoms with Crippen molar-refractivity contribution in [1.82, 2.24) is 15.1 Å². The van der Waals surface area contributed by atoms with E-state index >= 15 is 0 Å². The van der Waals surface area contributed by atoms with Crippen LogP contribution >= 0.6 is 0 Å². The van der Waals surface area contributed by atoms with Crippen LogP contribution in [0.2, 0.25) is 0 Å². The average molecular weight is 407 g/mol. The van der Waals surface area contributed by atoms with Crippen LogP contribution in [0.15, 0.2) is 65.5 Å². The maximum Gasteiger partial charge on any atom is 0.271 e. The number of carbonyl (C=O) groups excluding carboxylic acids is 1. The minimum atomic E-state index is -0.767. The van der Waals surface area contributed by atoms with Crippen LogP contribution in [0.1, 0.15) is 18.5 Å². The summed E-state index contributed by atoms with van der Waals surface area (Å²) < 4.78 is 11.7. The maximum atomic E-state index is 12.6. The van der Waals surface area contributed by atoms with Crippen LogP contribution in [-0.4, -0.2) is 36.5 Å². The van der Waals surface area contributed by atoms with Crippen LogP contribution < -0.4 is 20.3 Å². The SMILES string of the molecule is COc1ccc(-c2nn(C(C)C(=O)NCCc3ccccc3)c(=O)cc2OC)cc1. The van der Waals surface area contributed by atoms with Gasteiger partial charge < -0.3 is 14.8 Å². The topological polar surface area (TPSA) is 82.5 Å². The van der Waals surface area contributed by atoms with Gasteiger partial charge in [0.1, 0.15) is 17.5 Å². The molecule has 156 valence electrons. The van der Waals surface area contributed by atoms with Crippen molar-refractivity contribution < 1.29 is 14.3 Å². The molecule has 0 aliphatic rings. The zero-order chi connectivity index (χ0) is 21.5. The van der Waals surface area contributed by atoms with Gasteiger partial charge in [0.2, 0.25) is 5.91 Å². The number of amides is 1. The van der Waals surface area contributed by atoms with Gasteiger partial charge in [-0.25, -0.2) is 4.68 Å². The fourth-order valence-electron chi connectivity index (χ4n) is 3.07. The van der Waals surface area contributed by atoms with Crippen LogP contribution in [0.25, 0.3) is 11.3 Å². The largest absolute Gasteiger partial charge is 0.497 e. The van der Waals surface area contributed by atoms with Crippen molar-refractivity contribution in [2.75, 3.05) is 20.8 Å². The summed E-state index contributed by atoms with van der Waals surface area (Å²) in [5, 5.41) is 7.31. The standard InChI is InChI=1S/C23H25N3O4/c1-16(23(28)24-14-13-17-7-5-4-6-8-17)26-21(27)15-20(30-3)22(25-26)18-9-11-19(29-2)12-10-18/h4-12,15-16H,13-14H2,1-3H3,(H,24,28). The van der Waals surface area contributed by atoms with Gasteiger partial charge in [0, 0.05) is 18.2 Å². The number of nitrogens with zero attached hydrogens (tertiary/aromatic N) is 2. The third-order valence-corrected chi connectivity index (χ3v) is 4.81. The molecule has 2 aromatic carbocycles. The van der Waals surface area contributed by atoms with Crippen molar-refractivity contribution in [3.8, 4) is 22.8 Å². The Bertz CT molecular complexity index is 1050. The monoisotopic (exact) mass is 407 g/mol. The van der Waals surface area contributed by atoms with Crippen LogP contribution in [0.4, 0.5) is 0 Å². The molecule has 3 aromatic rings. The van der Waals surface area contributed by atoms with Crippen molar-refractivity contribution in [2.24, 2.45) is 0 Å². The lowest BCUT2D eigenvalue weighted by Crippen LogP contribution is -2.38. The minimum absolute atomic E-state index is 0.272. The van der Waals surface area contributed by atoms with E-state index in [1.165, 1.54) is 17.9 Å². The lowest BCUT2D eigenvalue weighted by molar-refractivity contribution is -0.124. The number of carbonyl (C=O) groups is 1. The Labute approximate surface area is 175 Å². The van der Waals surface area contributed by atoms with Gasteiger partial charge in [-0.2, -0.15) is 5.10 Å². The minimum Gasteiger partial charge on any atom is -0.497 e. The molecule has 0 aliphatic carbocycles. The first-order valence-corrected chi connectivity index (χ1v) is 9.67. The highest BCUT2D eigenvalue weighted by molar-refractivity contribution is 5.79. The van der Waals surface area contributed by atoms with E-state index < -0.39 is 11.6 Å². The van der Waals surface area contributed by atoms with E-state index in [0.717, 1.165) is 11.1 Å². The van der Waals surface area contributed by atoms with Gasteiger partial charge >= 0.3 is 0 Å². The van der Waals surface area contributed by atoms with E-state index in [1.54, 1.807) is 26.2 Å². The van der Waals surface area contributed by atoms with Crippen LogP contribution in [0.3, 0.4) is 0 Å². The third kappa shape index (κ3) is 4.86. The summed E-state index contributed by atoms with van der Waals surface area (Å²) >= 11 is 0. The first kappa shape index (κ1) is 21.1. The first-order valence-electron chi connectivity index (χ1n) is 9.67. The molecule has 0 saturated heterocycles. The summed E-state index contributed by atoms with van der Waals surface area (Å²) in [6.45, 7) is 2.12. The van der Waals surface area contributed by atoms with E-state index in [9.17, 15) is 9.59 Å². The molecular formula is C23H25N3O4. The third-order valence-electron chi connectivity index (χ3n) is 4.81. The van der Waals surface area contributed by atoms with Crippen LogP contribution in [0, 0.1) is 0 Å². The molecule has 1 aromatic heterocycles. The summed E-state index contributed by atoms with van der Waals surface area (Å²) in [6.07, 6.45) is 0.710. The van der Waals surface area contributed by atoms with E-state index in [0.29, 0.717) is 30.2 Å². The first-order chi connectivity index (χ1) is 14.5. The summed E-state index contributed by atoms with van der Waals surface area (Å²) in [5.74, 6) is 0.779. The molecule has 0 spiro atoms. The van der Waals surface area contributed by atoms with Crippen molar-refractivity contribution in [1.29, 1.82) is 0 Å². The number of methoxy groups -OCH3 is 2. The number of aromatic nitrogens is 2. The molecule has 7 nitrogen and oxygen atoms in total. The zero-order valence-electron chi connectivity index (χ0n) is 17.3. The molecule has 0 fully saturated rings. The van der Waals surface area contributed by atoms with E-state index in [-0.39, 0.29) is 5.91 Å². The predicted octanol–water partition coefficient (Wildman–Crippen LogP) is 2.85. The zero-order valence-corrected chi connectivity index (χ0v) is 17.3. The van der Waals surface area contributed by atoms with Gasteiger partial charge in [-0.3, -0.25) is 9.59 Å². The second kappa shape index (κ2) is 9.73. The number of rotatable bonds is 8. The lowest BCUT2D eigenvalue weighted by Gasteiger charge is -2.17. The molecule has 7 heteroatoms. The molecule has 0 bridgehead atoms. The van der Waals surface area contributed by atoms with Gasteiger partial charge in [-0.15, -0.1) is 0 Å². The second-order valence-electron chi connectivity index (χ2n) is 6.78. The van der Waals surface area contributed by atoms with Crippen molar-refractivity contribution in [3.63, 3.8) is 0 Å². The second-order valence-corrected chi connectivity index (χ2v) is 6.78. The predicted molar refractivity (Wildman–Crippen MR) is 115 cm³/mol. The van der Waals surface area contributed by atoms with E-state index in [1.807, 2.05) is 42.5 Å². The number of hydrogen-bond acceptors (Lipinski definition) is 5. The molecule has 1 unspecified atom stereocenters. The van der Waals surface area contributed by atoms with Crippen molar-refractivity contribution in [2.45, 2.75) is 19.4 Å². The summed E-state index contributed by atoms with van der Waals surface area (Å²) in [4.78, 5) is 25.2. The maximum absolute atomic E-state index is 12.6. The summed E-state index contributed by atoms with van der Waals surface area (Å²) in [6, 6.07) is 17.7. The molecule has 1 N–H and O–H groups in total. The Hall–Kier alpha value is -3.61. The Balaban J connectivity index is 1.79. The highest BCUT2D eigenvalue weighted by Crippen LogP contribution is 2.28. The number of benzene rings is 2. The molecule has 1 amide bonds. The molecule has 3 rings (SSSR count). The Morgan fingerprint density at radius 1 is 1.07 bits per heavy atom. The number of ether oxygens (including phenoxy) is 2. The Morgan fingerprint density at radius 2 is 1.77 bits per heavy atom. The quantitative estimate of drug-likeness (QED) is 0.621. The van der Waals surface area contributed by atoms with E-state index in [4.69, 9.17) is 9.47 Å². The number of hydrogen-bond donors (Lipinski definition) is 1. The van der Waals surface area contributed by atoms with Gasteiger partial charge in [-0.05, 0) is 43.2 Å². The van der Waals surface area contributed by atoms with Gasteiger partial charge in [0.05, 0.1) is 14.2 Å². The fraction of sp³-hybridized carbons (Fsp3) is 0.261.